The Morgan fingerprint density at radius 2 is 2.00 bits per heavy atom. The first-order chi connectivity index (χ1) is 6.54. The first-order valence-corrected chi connectivity index (χ1v) is 4.89. The summed E-state index contributed by atoms with van der Waals surface area (Å²) >= 11 is 0. The fourth-order valence-corrected chi connectivity index (χ4v) is 2.24. The van der Waals surface area contributed by atoms with Crippen LogP contribution in [-0.4, -0.2) is 36.0 Å². The first-order valence-electron chi connectivity index (χ1n) is 4.89. The molecule has 76 valence electrons. The highest BCUT2D eigenvalue weighted by Gasteiger charge is 2.51. The van der Waals surface area contributed by atoms with Gasteiger partial charge >= 0.3 is 0 Å². The highest BCUT2D eigenvalue weighted by atomic mass is 16.2. The molecule has 2 unspecified atom stereocenters. The molecule has 2 atom stereocenters. The topological polar surface area (TPSA) is 49.7 Å². The van der Waals surface area contributed by atoms with Crippen LogP contribution in [0.5, 0.6) is 0 Å². The molecule has 0 bridgehead atoms. The zero-order chi connectivity index (χ0) is 10.5. The van der Waals surface area contributed by atoms with Gasteiger partial charge in [0.05, 0.1) is 18.4 Å². The van der Waals surface area contributed by atoms with Crippen molar-refractivity contribution < 1.29 is 9.59 Å². The van der Waals surface area contributed by atoms with Crippen LogP contribution in [0.25, 0.3) is 0 Å². The Morgan fingerprint density at radius 3 is 2.57 bits per heavy atom. The second-order valence-corrected chi connectivity index (χ2v) is 4.24. The number of amides is 2. The number of likely N-dealkylation sites (tertiary alicyclic amines) is 1. The van der Waals surface area contributed by atoms with E-state index in [9.17, 15) is 9.59 Å². The SMILES string of the molecule is CC(C)C1=NCC2C(=O)N(C)C(=O)C12. The minimum Gasteiger partial charge on any atom is -0.292 e. The Morgan fingerprint density at radius 1 is 1.36 bits per heavy atom. The van der Waals surface area contributed by atoms with Gasteiger partial charge in [-0.05, 0) is 5.92 Å². The van der Waals surface area contributed by atoms with Gasteiger partial charge in [-0.2, -0.15) is 0 Å². The summed E-state index contributed by atoms with van der Waals surface area (Å²) in [7, 11) is 1.56. The van der Waals surface area contributed by atoms with Gasteiger partial charge in [-0.25, -0.2) is 0 Å². The molecule has 2 aliphatic rings. The molecule has 0 N–H and O–H groups in total. The average Bonchev–Trinajstić information content (AvgIpc) is 2.64. The molecule has 2 rings (SSSR count). The third kappa shape index (κ3) is 1.03. The van der Waals surface area contributed by atoms with Crippen LogP contribution in [0.3, 0.4) is 0 Å². The van der Waals surface area contributed by atoms with Crippen molar-refractivity contribution in [2.24, 2.45) is 22.7 Å². The summed E-state index contributed by atoms with van der Waals surface area (Å²) in [6.45, 7) is 4.52. The number of carbonyl (C=O) groups excluding carboxylic acids is 2. The highest BCUT2D eigenvalue weighted by molar-refractivity contribution is 6.18. The van der Waals surface area contributed by atoms with E-state index < -0.39 is 0 Å². The van der Waals surface area contributed by atoms with Crippen molar-refractivity contribution in [3.63, 3.8) is 0 Å². The third-order valence-corrected chi connectivity index (χ3v) is 3.03. The number of nitrogens with zero attached hydrogens (tertiary/aromatic N) is 2. The normalized spacial score (nSPS) is 31.4. The molecule has 1 fully saturated rings. The number of rotatable bonds is 1. The Balaban J connectivity index is 2.33. The van der Waals surface area contributed by atoms with Crippen LogP contribution >= 0.6 is 0 Å². The highest BCUT2D eigenvalue weighted by Crippen LogP contribution is 2.33. The summed E-state index contributed by atoms with van der Waals surface area (Å²) in [5, 5.41) is 0. The quantitative estimate of drug-likeness (QED) is 0.565. The van der Waals surface area contributed by atoms with Crippen LogP contribution in [0.15, 0.2) is 4.99 Å². The molecule has 2 aliphatic heterocycles. The van der Waals surface area contributed by atoms with Crippen molar-refractivity contribution in [2.45, 2.75) is 13.8 Å². The summed E-state index contributed by atoms with van der Waals surface area (Å²) < 4.78 is 0. The third-order valence-electron chi connectivity index (χ3n) is 3.03. The molecule has 4 nitrogen and oxygen atoms in total. The van der Waals surface area contributed by atoms with Gasteiger partial charge in [-0.15, -0.1) is 0 Å². The summed E-state index contributed by atoms with van der Waals surface area (Å²) in [5.41, 5.74) is 0.901. The van der Waals surface area contributed by atoms with Crippen molar-refractivity contribution in [3.05, 3.63) is 0 Å². The van der Waals surface area contributed by atoms with Crippen molar-refractivity contribution in [1.29, 1.82) is 0 Å². The van der Waals surface area contributed by atoms with Crippen LogP contribution in [0.2, 0.25) is 0 Å². The Kier molecular flexibility index (Phi) is 1.94. The maximum atomic E-state index is 11.7. The van der Waals surface area contributed by atoms with Gasteiger partial charge < -0.3 is 0 Å². The van der Waals surface area contributed by atoms with E-state index in [0.717, 1.165) is 5.71 Å². The van der Waals surface area contributed by atoms with Crippen molar-refractivity contribution in [2.75, 3.05) is 13.6 Å². The van der Waals surface area contributed by atoms with E-state index >= 15 is 0 Å². The molecule has 4 heteroatoms. The van der Waals surface area contributed by atoms with Crippen LogP contribution < -0.4 is 0 Å². The molecule has 14 heavy (non-hydrogen) atoms. The van der Waals surface area contributed by atoms with Gasteiger partial charge in [-0.1, -0.05) is 13.8 Å². The van der Waals surface area contributed by atoms with Crippen LogP contribution in [0.1, 0.15) is 13.8 Å². The van der Waals surface area contributed by atoms with Crippen LogP contribution in [-0.2, 0) is 9.59 Å². The van der Waals surface area contributed by atoms with Gasteiger partial charge in [0.15, 0.2) is 0 Å². The lowest BCUT2D eigenvalue weighted by molar-refractivity contribution is -0.137. The Bertz CT molecular complexity index is 333. The molecule has 2 amide bonds. The molecule has 0 aromatic heterocycles. The summed E-state index contributed by atoms with van der Waals surface area (Å²) in [6.07, 6.45) is 0. The van der Waals surface area contributed by atoms with Crippen LogP contribution in [0, 0.1) is 17.8 Å². The Labute approximate surface area is 83.0 Å². The van der Waals surface area contributed by atoms with Crippen molar-refractivity contribution in [1.82, 2.24) is 4.90 Å². The first kappa shape index (κ1) is 9.37. The number of carbonyl (C=O) groups is 2. The van der Waals surface area contributed by atoms with E-state index in [1.54, 1.807) is 7.05 Å². The number of aliphatic imine (C=N–C) groups is 1. The van der Waals surface area contributed by atoms with Gasteiger partial charge in [-0.3, -0.25) is 19.5 Å². The second kappa shape index (κ2) is 2.90. The standard InChI is InChI=1S/C10H14N2O2/c1-5(2)8-7-6(4-11-8)9(13)12(3)10(7)14/h5-7H,4H2,1-3H3. The lowest BCUT2D eigenvalue weighted by Crippen LogP contribution is -2.30. The van der Waals surface area contributed by atoms with E-state index in [1.165, 1.54) is 4.90 Å². The molecule has 0 aromatic rings. The summed E-state index contributed by atoms with van der Waals surface area (Å²) in [5.74, 6) is -0.352. The molecular formula is C10H14N2O2. The van der Waals surface area contributed by atoms with E-state index in [4.69, 9.17) is 0 Å². The zero-order valence-corrected chi connectivity index (χ0v) is 8.65. The number of hydrogen-bond acceptors (Lipinski definition) is 3. The van der Waals surface area contributed by atoms with Crippen LogP contribution in [0.4, 0.5) is 0 Å². The Hall–Kier alpha value is -1.19. The number of fused-ring (bicyclic) bond motifs is 1. The molecule has 0 radical (unpaired) electrons. The van der Waals surface area contributed by atoms with Gasteiger partial charge in [0.25, 0.3) is 0 Å². The molecule has 0 saturated carbocycles. The molecule has 0 aromatic carbocycles. The minimum absolute atomic E-state index is 0.0700. The monoisotopic (exact) mass is 194 g/mol. The second-order valence-electron chi connectivity index (χ2n) is 4.24. The fraction of sp³-hybridized carbons (Fsp3) is 0.700. The van der Waals surface area contributed by atoms with Crippen molar-refractivity contribution in [3.8, 4) is 0 Å². The van der Waals surface area contributed by atoms with Crippen molar-refractivity contribution >= 4 is 17.5 Å². The molecule has 1 saturated heterocycles. The molecule has 2 heterocycles. The summed E-state index contributed by atoms with van der Waals surface area (Å²) in [6, 6.07) is 0. The zero-order valence-electron chi connectivity index (χ0n) is 8.65. The van der Waals surface area contributed by atoms with E-state index in [2.05, 4.69) is 4.99 Å². The predicted molar refractivity (Wildman–Crippen MR) is 51.9 cm³/mol. The smallest absolute Gasteiger partial charge is 0.238 e. The van der Waals surface area contributed by atoms with Gasteiger partial charge in [0, 0.05) is 12.8 Å². The number of hydrogen-bond donors (Lipinski definition) is 0. The lowest BCUT2D eigenvalue weighted by atomic mass is 9.88. The maximum absolute atomic E-state index is 11.7. The van der Waals surface area contributed by atoms with Gasteiger partial charge in [0.2, 0.25) is 11.8 Å². The van der Waals surface area contributed by atoms with E-state index in [1.807, 2.05) is 13.8 Å². The molecular weight excluding hydrogens is 180 g/mol. The molecule has 0 spiro atoms. The predicted octanol–water partition coefficient (Wildman–Crippen LogP) is 0.328. The maximum Gasteiger partial charge on any atom is 0.238 e. The summed E-state index contributed by atoms with van der Waals surface area (Å²) in [4.78, 5) is 28.9. The van der Waals surface area contributed by atoms with E-state index in [-0.39, 0.29) is 29.6 Å². The number of imide groups is 1. The lowest BCUT2D eigenvalue weighted by Gasteiger charge is -2.12. The average molecular weight is 194 g/mol. The van der Waals surface area contributed by atoms with Gasteiger partial charge in [0.1, 0.15) is 0 Å². The molecule has 0 aliphatic carbocycles. The minimum atomic E-state index is -0.257. The fourth-order valence-electron chi connectivity index (χ4n) is 2.24. The largest absolute Gasteiger partial charge is 0.292 e. The van der Waals surface area contributed by atoms with E-state index in [0.29, 0.717) is 6.54 Å².